The van der Waals surface area contributed by atoms with E-state index in [4.69, 9.17) is 0 Å². The van der Waals surface area contributed by atoms with Gasteiger partial charge in [-0.05, 0) is 34.5 Å². The molecule has 3 nitrogen and oxygen atoms in total. The minimum absolute atomic E-state index is 0.0429. The third-order valence-electron chi connectivity index (χ3n) is 3.08. The van der Waals surface area contributed by atoms with Crippen LogP contribution in [0.2, 0.25) is 0 Å². The Balaban J connectivity index is 2.05. The van der Waals surface area contributed by atoms with E-state index in [1.165, 1.54) is 12.1 Å². The molecular formula is C14H16BrF2N3. The fourth-order valence-electron chi connectivity index (χ4n) is 2.08. The lowest BCUT2D eigenvalue weighted by atomic mass is 10.1. The first-order valence-corrected chi connectivity index (χ1v) is 7.16. The maximum Gasteiger partial charge on any atom is 0.144 e. The lowest BCUT2D eigenvalue weighted by molar-refractivity contribution is 0.531. The van der Waals surface area contributed by atoms with E-state index < -0.39 is 11.6 Å². The van der Waals surface area contributed by atoms with Crippen molar-refractivity contribution in [2.24, 2.45) is 7.05 Å². The number of halogens is 3. The number of benzene rings is 1. The smallest absolute Gasteiger partial charge is 0.144 e. The van der Waals surface area contributed by atoms with Crippen LogP contribution in [0.25, 0.3) is 0 Å². The monoisotopic (exact) mass is 343 g/mol. The number of nitrogens with zero attached hydrogens (tertiary/aromatic N) is 2. The molecule has 1 heterocycles. The number of aromatic nitrogens is 2. The highest BCUT2D eigenvalue weighted by molar-refractivity contribution is 9.10. The molecule has 1 aromatic heterocycles. The molecule has 20 heavy (non-hydrogen) atoms. The van der Waals surface area contributed by atoms with Crippen LogP contribution < -0.4 is 5.32 Å². The van der Waals surface area contributed by atoms with Crippen molar-refractivity contribution in [3.8, 4) is 0 Å². The molecule has 0 saturated carbocycles. The highest BCUT2D eigenvalue weighted by Crippen LogP contribution is 2.21. The van der Waals surface area contributed by atoms with Crippen molar-refractivity contribution in [3.05, 3.63) is 51.3 Å². The quantitative estimate of drug-likeness (QED) is 0.844. The van der Waals surface area contributed by atoms with Crippen molar-refractivity contribution in [2.45, 2.75) is 26.4 Å². The zero-order chi connectivity index (χ0) is 14.7. The Bertz CT molecular complexity index is 611. The summed E-state index contributed by atoms with van der Waals surface area (Å²) in [5, 5.41) is 7.39. The molecule has 0 aliphatic rings. The highest BCUT2D eigenvalue weighted by atomic mass is 79.9. The van der Waals surface area contributed by atoms with Crippen LogP contribution in [0.3, 0.4) is 0 Å². The van der Waals surface area contributed by atoms with Crippen molar-refractivity contribution < 1.29 is 8.78 Å². The summed E-state index contributed by atoms with van der Waals surface area (Å²) in [4.78, 5) is 0. The van der Waals surface area contributed by atoms with E-state index >= 15 is 0 Å². The van der Waals surface area contributed by atoms with E-state index in [1.54, 1.807) is 4.68 Å². The topological polar surface area (TPSA) is 29.9 Å². The zero-order valence-electron chi connectivity index (χ0n) is 11.4. The molecule has 6 heteroatoms. The first kappa shape index (κ1) is 15.1. The molecule has 1 aromatic carbocycles. The van der Waals surface area contributed by atoms with Gasteiger partial charge >= 0.3 is 0 Å². The van der Waals surface area contributed by atoms with Crippen LogP contribution in [-0.2, 0) is 26.6 Å². The standard InChI is InChI=1S/C14H16BrF2N3/c1-3-13-9(8-20(2)19-13)6-18-7-10-12(16)5-4-11(15)14(10)17/h4-5,8,18H,3,6-7H2,1-2H3. The van der Waals surface area contributed by atoms with Gasteiger partial charge in [0.25, 0.3) is 0 Å². The molecule has 0 bridgehead atoms. The van der Waals surface area contributed by atoms with Gasteiger partial charge in [0.15, 0.2) is 0 Å². The van der Waals surface area contributed by atoms with Gasteiger partial charge in [0.05, 0.1) is 10.2 Å². The number of aryl methyl sites for hydroxylation is 2. The van der Waals surface area contributed by atoms with E-state index in [-0.39, 0.29) is 16.6 Å². The van der Waals surface area contributed by atoms with E-state index in [9.17, 15) is 8.78 Å². The molecule has 0 unspecified atom stereocenters. The van der Waals surface area contributed by atoms with Gasteiger partial charge in [-0.25, -0.2) is 8.78 Å². The van der Waals surface area contributed by atoms with Crippen LogP contribution in [0.5, 0.6) is 0 Å². The third kappa shape index (κ3) is 3.24. The predicted octanol–water partition coefficient (Wildman–Crippen LogP) is 3.31. The molecule has 0 aliphatic carbocycles. The van der Waals surface area contributed by atoms with Crippen molar-refractivity contribution in [1.29, 1.82) is 0 Å². The second-order valence-electron chi connectivity index (χ2n) is 4.55. The van der Waals surface area contributed by atoms with Crippen LogP contribution in [-0.4, -0.2) is 9.78 Å². The molecule has 1 N–H and O–H groups in total. The van der Waals surface area contributed by atoms with E-state index in [2.05, 4.69) is 26.3 Å². The number of nitrogens with one attached hydrogen (secondary N) is 1. The Morgan fingerprint density at radius 2 is 2.05 bits per heavy atom. The zero-order valence-corrected chi connectivity index (χ0v) is 13.0. The Labute approximate surface area is 125 Å². The molecule has 0 radical (unpaired) electrons. The average Bonchev–Trinajstić information content (AvgIpc) is 2.78. The van der Waals surface area contributed by atoms with Gasteiger partial charge in [-0.1, -0.05) is 6.92 Å². The van der Waals surface area contributed by atoms with Gasteiger partial charge in [0.2, 0.25) is 0 Å². The molecule has 0 amide bonds. The largest absolute Gasteiger partial charge is 0.308 e. The molecule has 2 aromatic rings. The Kier molecular flexibility index (Phi) is 4.88. The molecule has 0 aliphatic heterocycles. The molecule has 2 rings (SSSR count). The Hall–Kier alpha value is -1.27. The number of hydrogen-bond acceptors (Lipinski definition) is 2. The maximum absolute atomic E-state index is 13.8. The molecular weight excluding hydrogens is 328 g/mol. The highest BCUT2D eigenvalue weighted by Gasteiger charge is 2.12. The summed E-state index contributed by atoms with van der Waals surface area (Å²) in [6.45, 7) is 2.69. The average molecular weight is 344 g/mol. The normalized spacial score (nSPS) is 11.1. The van der Waals surface area contributed by atoms with Crippen LogP contribution in [0.15, 0.2) is 22.8 Å². The van der Waals surface area contributed by atoms with Gasteiger partial charge in [-0.3, -0.25) is 4.68 Å². The lowest BCUT2D eigenvalue weighted by Crippen LogP contribution is -2.15. The van der Waals surface area contributed by atoms with Crippen molar-refractivity contribution in [3.63, 3.8) is 0 Å². The predicted molar refractivity (Wildman–Crippen MR) is 77.2 cm³/mol. The van der Waals surface area contributed by atoms with Gasteiger partial charge in [-0.2, -0.15) is 5.10 Å². The van der Waals surface area contributed by atoms with Gasteiger partial charge in [0, 0.05) is 37.5 Å². The number of rotatable bonds is 5. The molecule has 0 fully saturated rings. The SMILES string of the molecule is CCc1nn(C)cc1CNCc1c(F)ccc(Br)c1F. The first-order valence-electron chi connectivity index (χ1n) is 6.37. The second-order valence-corrected chi connectivity index (χ2v) is 5.41. The summed E-state index contributed by atoms with van der Waals surface area (Å²) in [6.07, 6.45) is 2.75. The van der Waals surface area contributed by atoms with Gasteiger partial charge in [-0.15, -0.1) is 0 Å². The lowest BCUT2D eigenvalue weighted by Gasteiger charge is -2.08. The second kappa shape index (κ2) is 6.45. The Morgan fingerprint density at radius 3 is 2.75 bits per heavy atom. The van der Waals surface area contributed by atoms with Crippen LogP contribution >= 0.6 is 15.9 Å². The fraction of sp³-hybridized carbons (Fsp3) is 0.357. The van der Waals surface area contributed by atoms with Gasteiger partial charge in [0.1, 0.15) is 11.6 Å². The third-order valence-corrected chi connectivity index (χ3v) is 3.70. The minimum Gasteiger partial charge on any atom is -0.308 e. The number of hydrogen-bond donors (Lipinski definition) is 1. The van der Waals surface area contributed by atoms with Crippen LogP contribution in [0.1, 0.15) is 23.7 Å². The molecule has 108 valence electrons. The van der Waals surface area contributed by atoms with E-state index in [1.807, 2.05) is 20.2 Å². The molecule has 0 spiro atoms. The van der Waals surface area contributed by atoms with Crippen molar-refractivity contribution in [1.82, 2.24) is 15.1 Å². The summed E-state index contributed by atoms with van der Waals surface area (Å²) >= 11 is 3.06. The summed E-state index contributed by atoms with van der Waals surface area (Å²) in [5.74, 6) is -1.10. The van der Waals surface area contributed by atoms with Crippen LogP contribution in [0, 0.1) is 11.6 Å². The summed E-state index contributed by atoms with van der Waals surface area (Å²) in [5.41, 5.74) is 2.09. The van der Waals surface area contributed by atoms with Gasteiger partial charge < -0.3 is 5.32 Å². The fourth-order valence-corrected chi connectivity index (χ4v) is 2.45. The molecule has 0 saturated heterocycles. The van der Waals surface area contributed by atoms with E-state index in [0.29, 0.717) is 6.54 Å². The minimum atomic E-state index is -0.556. The van der Waals surface area contributed by atoms with Crippen molar-refractivity contribution in [2.75, 3.05) is 0 Å². The molecule has 0 atom stereocenters. The van der Waals surface area contributed by atoms with Crippen molar-refractivity contribution >= 4 is 15.9 Å². The Morgan fingerprint density at radius 1 is 1.30 bits per heavy atom. The first-order chi connectivity index (χ1) is 9.52. The van der Waals surface area contributed by atoms with E-state index in [0.717, 1.165) is 17.7 Å². The summed E-state index contributed by atoms with van der Waals surface area (Å²) in [6, 6.07) is 2.62. The summed E-state index contributed by atoms with van der Waals surface area (Å²) in [7, 11) is 1.86. The maximum atomic E-state index is 13.8. The summed E-state index contributed by atoms with van der Waals surface area (Å²) < 4.78 is 29.4. The van der Waals surface area contributed by atoms with Crippen LogP contribution in [0.4, 0.5) is 8.78 Å².